The van der Waals surface area contributed by atoms with E-state index in [1.165, 1.54) is 10.8 Å². The molecule has 4 aromatic heterocycles. The Morgan fingerprint density at radius 3 is 1.56 bits per heavy atom. The first-order chi connectivity index (χ1) is 26.8. The molecule has 0 radical (unpaired) electrons. The van der Waals surface area contributed by atoms with Crippen molar-refractivity contribution >= 4 is 32.4 Å². The van der Waals surface area contributed by atoms with E-state index in [0.717, 1.165) is 83.3 Å². The molecule has 0 saturated carbocycles. The number of benzene rings is 6. The van der Waals surface area contributed by atoms with Crippen molar-refractivity contribution in [1.82, 2.24) is 24.9 Å². The lowest BCUT2D eigenvalue weighted by atomic mass is 9.91. The molecule has 6 aromatic carbocycles. The third-order valence-electron chi connectivity index (χ3n) is 10.1. The Labute approximate surface area is 312 Å². The zero-order chi connectivity index (χ0) is 35.8. The number of pyridine rings is 3. The molecule has 0 N–H and O–H groups in total. The van der Waals surface area contributed by atoms with Gasteiger partial charge in [-0.2, -0.15) is 0 Å². The summed E-state index contributed by atoms with van der Waals surface area (Å²) in [5.74, 6) is 0.652. The lowest BCUT2D eigenvalue weighted by Gasteiger charge is -2.15. The van der Waals surface area contributed by atoms with E-state index in [2.05, 4.69) is 137 Å². The summed E-state index contributed by atoms with van der Waals surface area (Å²) in [4.78, 5) is 24.0. The maximum Gasteiger partial charge on any atom is 0.161 e. The van der Waals surface area contributed by atoms with E-state index < -0.39 is 0 Å². The van der Waals surface area contributed by atoms with Gasteiger partial charge in [0.1, 0.15) is 0 Å². The highest BCUT2D eigenvalue weighted by atomic mass is 14.9. The quantitative estimate of drug-likeness (QED) is 0.163. The van der Waals surface area contributed by atoms with Gasteiger partial charge >= 0.3 is 0 Å². The molecule has 5 nitrogen and oxygen atoms in total. The van der Waals surface area contributed by atoms with Gasteiger partial charge in [0.25, 0.3) is 0 Å². The summed E-state index contributed by atoms with van der Waals surface area (Å²) in [6.07, 6.45) is 7.22. The van der Waals surface area contributed by atoms with Crippen LogP contribution in [0, 0.1) is 0 Å². The topological polar surface area (TPSA) is 64.5 Å². The summed E-state index contributed by atoms with van der Waals surface area (Å²) in [7, 11) is 0. The predicted molar refractivity (Wildman–Crippen MR) is 221 cm³/mol. The van der Waals surface area contributed by atoms with Crippen LogP contribution in [0.1, 0.15) is 0 Å². The smallest absolute Gasteiger partial charge is 0.161 e. The van der Waals surface area contributed by atoms with Crippen LogP contribution < -0.4 is 0 Å². The van der Waals surface area contributed by atoms with Crippen LogP contribution >= 0.6 is 0 Å². The number of hydrogen-bond acceptors (Lipinski definition) is 5. The van der Waals surface area contributed by atoms with Crippen molar-refractivity contribution in [3.63, 3.8) is 0 Å². The fraction of sp³-hybridized carbons (Fsp3) is 0. The number of hydrogen-bond donors (Lipinski definition) is 0. The van der Waals surface area contributed by atoms with Crippen LogP contribution in [0.5, 0.6) is 0 Å². The maximum absolute atomic E-state index is 5.14. The predicted octanol–water partition coefficient (Wildman–Crippen LogP) is 12.1. The molecule has 0 spiro atoms. The molecule has 0 unspecified atom stereocenters. The molecule has 10 aromatic rings. The summed E-state index contributed by atoms with van der Waals surface area (Å²) in [5, 5.41) is 5.77. The first-order valence-electron chi connectivity index (χ1n) is 18.0. The molecule has 5 heteroatoms. The summed E-state index contributed by atoms with van der Waals surface area (Å²) >= 11 is 0. The van der Waals surface area contributed by atoms with Crippen LogP contribution in [-0.2, 0) is 0 Å². The molecule has 0 bridgehead atoms. The minimum Gasteiger partial charge on any atom is -0.264 e. The average Bonchev–Trinajstić information content (AvgIpc) is 3.26. The summed E-state index contributed by atoms with van der Waals surface area (Å²) in [5.41, 5.74) is 12.1. The number of aromatic nitrogens is 5. The van der Waals surface area contributed by atoms with E-state index in [1.807, 2.05) is 48.8 Å². The van der Waals surface area contributed by atoms with E-state index in [9.17, 15) is 0 Å². The van der Waals surface area contributed by atoms with Crippen LogP contribution in [0.15, 0.2) is 189 Å². The van der Waals surface area contributed by atoms with E-state index in [4.69, 9.17) is 15.0 Å². The highest BCUT2D eigenvalue weighted by Gasteiger charge is 2.17. The number of fused-ring (bicyclic) bond motifs is 4. The van der Waals surface area contributed by atoms with Gasteiger partial charge in [0.2, 0.25) is 0 Å². The molecule has 0 aliphatic carbocycles. The standard InChI is InChI=1S/C49H31N5/c1-2-11-35(12-3-1)45-28-43(48-39-15-5-4-10-32(39)22-25-44(48)52-45)34-20-18-33(19-21-34)38-23-24-42(41-17-7-6-16-40(38)41)49-53-46(36-13-8-26-50-30-36)29-47(54-49)37-14-9-27-51-31-37/h1-31H. The summed E-state index contributed by atoms with van der Waals surface area (Å²) < 4.78 is 0. The minimum atomic E-state index is 0.652. The highest BCUT2D eigenvalue weighted by Crippen LogP contribution is 2.40. The van der Waals surface area contributed by atoms with Crippen molar-refractivity contribution in [2.45, 2.75) is 0 Å². The fourth-order valence-corrected chi connectivity index (χ4v) is 7.46. The molecular formula is C49H31N5. The molecular weight excluding hydrogens is 659 g/mol. The van der Waals surface area contributed by atoms with Crippen LogP contribution in [0.3, 0.4) is 0 Å². The lowest BCUT2D eigenvalue weighted by Crippen LogP contribution is -1.97. The fourth-order valence-electron chi connectivity index (χ4n) is 7.46. The van der Waals surface area contributed by atoms with Gasteiger partial charge in [-0.25, -0.2) is 15.0 Å². The van der Waals surface area contributed by atoms with Crippen molar-refractivity contribution in [1.29, 1.82) is 0 Å². The Morgan fingerprint density at radius 1 is 0.333 bits per heavy atom. The van der Waals surface area contributed by atoms with E-state index in [-0.39, 0.29) is 0 Å². The summed E-state index contributed by atoms with van der Waals surface area (Å²) in [6.45, 7) is 0. The van der Waals surface area contributed by atoms with Crippen LogP contribution in [-0.4, -0.2) is 24.9 Å². The molecule has 4 heterocycles. The zero-order valence-electron chi connectivity index (χ0n) is 29.1. The van der Waals surface area contributed by atoms with Gasteiger partial charge in [-0.15, -0.1) is 0 Å². The van der Waals surface area contributed by atoms with Crippen molar-refractivity contribution in [3.8, 4) is 67.4 Å². The second-order valence-electron chi connectivity index (χ2n) is 13.3. The average molecular weight is 690 g/mol. The Balaban J connectivity index is 1.10. The molecule has 0 aliphatic rings. The molecule has 0 amide bonds. The molecule has 10 rings (SSSR count). The molecule has 54 heavy (non-hydrogen) atoms. The van der Waals surface area contributed by atoms with E-state index in [0.29, 0.717) is 5.82 Å². The van der Waals surface area contributed by atoms with Crippen molar-refractivity contribution in [3.05, 3.63) is 189 Å². The van der Waals surface area contributed by atoms with Gasteiger partial charge < -0.3 is 0 Å². The van der Waals surface area contributed by atoms with Gasteiger partial charge in [-0.1, -0.05) is 115 Å². The molecule has 0 saturated heterocycles. The van der Waals surface area contributed by atoms with Crippen molar-refractivity contribution in [2.75, 3.05) is 0 Å². The first kappa shape index (κ1) is 31.4. The highest BCUT2D eigenvalue weighted by molar-refractivity contribution is 6.14. The van der Waals surface area contributed by atoms with Crippen molar-refractivity contribution in [2.24, 2.45) is 0 Å². The third-order valence-corrected chi connectivity index (χ3v) is 10.1. The van der Waals surface area contributed by atoms with Gasteiger partial charge in [-0.05, 0) is 92.3 Å². The molecule has 252 valence electrons. The monoisotopic (exact) mass is 689 g/mol. The van der Waals surface area contributed by atoms with Crippen LogP contribution in [0.25, 0.3) is 99.9 Å². The van der Waals surface area contributed by atoms with Crippen LogP contribution in [0.4, 0.5) is 0 Å². The molecule has 0 fully saturated rings. The molecule has 0 aliphatic heterocycles. The third kappa shape index (κ3) is 5.65. The van der Waals surface area contributed by atoms with Crippen molar-refractivity contribution < 1.29 is 0 Å². The minimum absolute atomic E-state index is 0.652. The summed E-state index contributed by atoms with van der Waals surface area (Å²) in [6, 6.07) is 57.2. The normalized spacial score (nSPS) is 11.3. The van der Waals surface area contributed by atoms with Crippen LogP contribution in [0.2, 0.25) is 0 Å². The lowest BCUT2D eigenvalue weighted by molar-refractivity contribution is 1.17. The second kappa shape index (κ2) is 13.3. The largest absolute Gasteiger partial charge is 0.264 e. The van der Waals surface area contributed by atoms with Gasteiger partial charge in [0.15, 0.2) is 5.82 Å². The van der Waals surface area contributed by atoms with Gasteiger partial charge in [-0.3, -0.25) is 9.97 Å². The first-order valence-corrected chi connectivity index (χ1v) is 18.0. The number of nitrogens with zero attached hydrogens (tertiary/aromatic N) is 5. The van der Waals surface area contributed by atoms with Gasteiger partial charge in [0.05, 0.1) is 22.6 Å². The van der Waals surface area contributed by atoms with Gasteiger partial charge in [0, 0.05) is 52.4 Å². The van der Waals surface area contributed by atoms with E-state index in [1.54, 1.807) is 12.4 Å². The Bertz CT molecular complexity index is 2910. The Morgan fingerprint density at radius 2 is 0.889 bits per heavy atom. The Kier molecular flexibility index (Phi) is 7.73. The SMILES string of the molecule is c1ccc(-c2cc(-c3ccc(-c4ccc(-c5nc(-c6cccnc6)cc(-c6cccnc6)n5)c5ccccc45)cc3)c3c(ccc4ccccc43)n2)cc1. The second-order valence-corrected chi connectivity index (χ2v) is 13.3. The number of rotatable bonds is 6. The Hall–Kier alpha value is -7.37. The molecule has 0 atom stereocenters. The maximum atomic E-state index is 5.14. The zero-order valence-corrected chi connectivity index (χ0v) is 29.1. The van der Waals surface area contributed by atoms with E-state index >= 15 is 0 Å².